The number of alkyl halides is 3. The first-order valence-corrected chi connectivity index (χ1v) is 9.96. The molecule has 30 heavy (non-hydrogen) atoms. The van der Waals surface area contributed by atoms with E-state index >= 15 is 0 Å². The van der Waals surface area contributed by atoms with E-state index in [2.05, 4.69) is 9.50 Å². The van der Waals surface area contributed by atoms with Crippen LogP contribution >= 0.6 is 0 Å². The lowest BCUT2D eigenvalue weighted by Crippen LogP contribution is -2.42. The summed E-state index contributed by atoms with van der Waals surface area (Å²) < 4.78 is 68.4. The van der Waals surface area contributed by atoms with Crippen LogP contribution in [-0.2, 0) is 37.5 Å². The molecule has 0 aliphatic rings. The van der Waals surface area contributed by atoms with Crippen molar-refractivity contribution < 1.29 is 40.1 Å². The van der Waals surface area contributed by atoms with E-state index in [9.17, 15) is 31.2 Å². The molecule has 0 fully saturated rings. The number of rotatable bonds is 8. The van der Waals surface area contributed by atoms with E-state index in [1.165, 1.54) is 19.1 Å². The molecule has 0 radical (unpaired) electrons. The Labute approximate surface area is 170 Å². The number of nitrogens with one attached hydrogen (secondary N) is 1. The van der Waals surface area contributed by atoms with Gasteiger partial charge in [0.2, 0.25) is 5.91 Å². The Kier molecular flexibility index (Phi) is 7.43. The van der Waals surface area contributed by atoms with Crippen LogP contribution < -0.4 is 9.50 Å². The fourth-order valence-corrected chi connectivity index (χ4v) is 2.82. The van der Waals surface area contributed by atoms with E-state index in [-0.39, 0.29) is 13.0 Å². The molecule has 2 aromatic rings. The molecule has 162 valence electrons. The van der Waals surface area contributed by atoms with Crippen LogP contribution in [0.1, 0.15) is 18.1 Å². The van der Waals surface area contributed by atoms with Crippen LogP contribution in [0.5, 0.6) is 5.75 Å². The summed E-state index contributed by atoms with van der Waals surface area (Å²) in [6.45, 7) is 1.22. The van der Waals surface area contributed by atoms with E-state index in [0.29, 0.717) is 5.56 Å². The molecule has 0 unspecified atom stereocenters. The molecule has 0 saturated carbocycles. The zero-order valence-electron chi connectivity index (χ0n) is 15.7. The molecule has 0 aliphatic heterocycles. The maximum Gasteiger partial charge on any atom is 0.534 e. The number of ether oxygens (including phenoxy) is 1. The van der Waals surface area contributed by atoms with Crippen LogP contribution in [0.3, 0.4) is 0 Å². The number of esters is 1. The van der Waals surface area contributed by atoms with Crippen LogP contribution in [0.25, 0.3) is 0 Å². The van der Waals surface area contributed by atoms with E-state index in [1.54, 1.807) is 30.3 Å². The molecule has 1 atom stereocenters. The number of carbonyl (C=O) groups excluding carboxylic acids is 2. The number of hydrogen-bond acceptors (Lipinski definition) is 6. The quantitative estimate of drug-likeness (QED) is 0.381. The highest BCUT2D eigenvalue weighted by Gasteiger charge is 2.48. The number of amides is 1. The lowest BCUT2D eigenvalue weighted by molar-refractivity contribution is -0.149. The smallest absolute Gasteiger partial charge is 0.459 e. The maximum atomic E-state index is 12.4. The van der Waals surface area contributed by atoms with Crippen molar-refractivity contribution in [3.63, 3.8) is 0 Å². The second-order valence-corrected chi connectivity index (χ2v) is 7.72. The summed E-state index contributed by atoms with van der Waals surface area (Å²) >= 11 is 0. The van der Waals surface area contributed by atoms with Crippen LogP contribution in [0.15, 0.2) is 54.6 Å². The predicted molar refractivity (Wildman–Crippen MR) is 99.6 cm³/mol. The minimum Gasteiger partial charge on any atom is -0.459 e. The Morgan fingerprint density at radius 2 is 1.60 bits per heavy atom. The highest BCUT2D eigenvalue weighted by molar-refractivity contribution is 7.88. The lowest BCUT2D eigenvalue weighted by atomic mass is 10.1. The first-order chi connectivity index (χ1) is 14.0. The summed E-state index contributed by atoms with van der Waals surface area (Å²) in [7, 11) is -5.78. The molecule has 0 spiro atoms. The Morgan fingerprint density at radius 1 is 1.00 bits per heavy atom. The second kappa shape index (κ2) is 9.61. The molecule has 1 amide bonds. The SMILES string of the molecule is CC(=O)N[C@@H](Cc1ccc(OS(=O)(=O)C(F)(F)F)cc1)C(=O)OCc1ccccc1. The molecule has 0 aromatic heterocycles. The van der Waals surface area contributed by atoms with Gasteiger partial charge in [0.05, 0.1) is 0 Å². The van der Waals surface area contributed by atoms with Crippen molar-refractivity contribution in [2.45, 2.75) is 31.5 Å². The summed E-state index contributed by atoms with van der Waals surface area (Å²) in [6, 6.07) is 12.4. The number of halogens is 3. The standard InChI is InChI=1S/C19H18F3NO6S/c1-13(24)23-17(18(25)28-12-15-5-3-2-4-6-15)11-14-7-9-16(10-8-14)29-30(26,27)19(20,21)22/h2-10,17H,11-12H2,1H3,(H,23,24)/t17-/m0/s1. The predicted octanol–water partition coefficient (Wildman–Crippen LogP) is 2.71. The second-order valence-electron chi connectivity index (χ2n) is 6.18. The van der Waals surface area contributed by atoms with Gasteiger partial charge in [-0.05, 0) is 23.3 Å². The highest BCUT2D eigenvalue weighted by Crippen LogP contribution is 2.27. The molecule has 2 aromatic carbocycles. The van der Waals surface area contributed by atoms with Gasteiger partial charge < -0.3 is 14.2 Å². The first-order valence-electron chi connectivity index (χ1n) is 8.55. The van der Waals surface area contributed by atoms with Gasteiger partial charge in [-0.3, -0.25) is 4.79 Å². The van der Waals surface area contributed by atoms with Crippen molar-refractivity contribution in [1.29, 1.82) is 0 Å². The Bertz CT molecular complexity index is 976. The Hall–Kier alpha value is -3.08. The van der Waals surface area contributed by atoms with Gasteiger partial charge in [-0.2, -0.15) is 21.6 Å². The van der Waals surface area contributed by atoms with Crippen molar-refractivity contribution in [2.75, 3.05) is 0 Å². The maximum absolute atomic E-state index is 12.4. The van der Waals surface area contributed by atoms with Crippen LogP contribution in [0.4, 0.5) is 13.2 Å². The molecule has 0 aliphatic carbocycles. The summed E-state index contributed by atoms with van der Waals surface area (Å²) in [5.74, 6) is -1.72. The van der Waals surface area contributed by atoms with Crippen LogP contribution in [0, 0.1) is 0 Å². The summed E-state index contributed by atoms with van der Waals surface area (Å²) in [6.07, 6.45) is -0.0283. The van der Waals surface area contributed by atoms with Crippen molar-refractivity contribution in [1.82, 2.24) is 5.32 Å². The van der Waals surface area contributed by atoms with Crippen molar-refractivity contribution in [3.8, 4) is 5.75 Å². The van der Waals surface area contributed by atoms with Crippen LogP contribution in [0.2, 0.25) is 0 Å². The first kappa shape index (κ1) is 23.2. The topological polar surface area (TPSA) is 98.8 Å². The molecular formula is C19H18F3NO6S. The van der Waals surface area contributed by atoms with Gasteiger partial charge in [0, 0.05) is 13.3 Å². The zero-order valence-corrected chi connectivity index (χ0v) is 16.5. The fourth-order valence-electron chi connectivity index (χ4n) is 2.36. The molecule has 0 bridgehead atoms. The van der Waals surface area contributed by atoms with Gasteiger partial charge in [-0.15, -0.1) is 0 Å². The van der Waals surface area contributed by atoms with E-state index in [0.717, 1.165) is 17.7 Å². The normalized spacial score (nSPS) is 12.7. The molecular weight excluding hydrogens is 427 g/mol. The van der Waals surface area contributed by atoms with Gasteiger partial charge in [-0.1, -0.05) is 42.5 Å². The summed E-state index contributed by atoms with van der Waals surface area (Å²) in [5, 5.41) is 2.45. The number of hydrogen-bond donors (Lipinski definition) is 1. The molecule has 7 nitrogen and oxygen atoms in total. The molecule has 0 saturated heterocycles. The minimum absolute atomic E-state index is 0.00215. The third-order valence-electron chi connectivity index (χ3n) is 3.74. The van der Waals surface area contributed by atoms with Crippen molar-refractivity contribution in [2.24, 2.45) is 0 Å². The Morgan fingerprint density at radius 3 is 2.13 bits per heavy atom. The van der Waals surface area contributed by atoms with E-state index in [1.807, 2.05) is 0 Å². The average molecular weight is 445 g/mol. The Balaban J connectivity index is 2.05. The third-order valence-corrected chi connectivity index (χ3v) is 4.72. The van der Waals surface area contributed by atoms with Gasteiger partial charge >= 0.3 is 21.6 Å². The minimum atomic E-state index is -5.78. The molecule has 1 N–H and O–H groups in total. The molecule has 11 heteroatoms. The van der Waals surface area contributed by atoms with Gasteiger partial charge in [0.1, 0.15) is 18.4 Å². The number of carbonyl (C=O) groups is 2. The molecule has 2 rings (SSSR count). The number of benzene rings is 2. The largest absolute Gasteiger partial charge is 0.534 e. The highest BCUT2D eigenvalue weighted by atomic mass is 32.2. The third kappa shape index (κ3) is 6.76. The summed E-state index contributed by atoms with van der Waals surface area (Å²) in [4.78, 5) is 23.8. The van der Waals surface area contributed by atoms with Gasteiger partial charge in [0.25, 0.3) is 0 Å². The van der Waals surface area contributed by atoms with Crippen molar-refractivity contribution in [3.05, 3.63) is 65.7 Å². The monoisotopic (exact) mass is 445 g/mol. The van der Waals surface area contributed by atoms with Gasteiger partial charge in [0.15, 0.2) is 0 Å². The van der Waals surface area contributed by atoms with E-state index in [4.69, 9.17) is 4.74 Å². The van der Waals surface area contributed by atoms with E-state index < -0.39 is 39.3 Å². The summed E-state index contributed by atoms with van der Waals surface area (Å²) in [5.41, 5.74) is -4.37. The van der Waals surface area contributed by atoms with Crippen LogP contribution in [-0.4, -0.2) is 31.8 Å². The van der Waals surface area contributed by atoms with Gasteiger partial charge in [-0.25, -0.2) is 4.79 Å². The average Bonchev–Trinajstić information content (AvgIpc) is 2.66. The lowest BCUT2D eigenvalue weighted by Gasteiger charge is -2.17. The fraction of sp³-hybridized carbons (Fsp3) is 0.263. The van der Waals surface area contributed by atoms with Crippen molar-refractivity contribution >= 4 is 22.0 Å². The molecule has 0 heterocycles. The zero-order chi connectivity index (χ0) is 22.4.